The standard InChI is InChI=1S/C45H50N8O7/c1-22(2)35(50-44(56)57)42(54)52-18-6-7-34(52)40-46-32-16-11-26-19-24(9-14-30(26)37(32)48-40)25-10-15-31-27(20-25)12-17-33-38(31)49-41(47-33)39-28-8-13-29(21-28)53(39)43(55)36(23(3)59-4)51-45(58)60-5/h9-12,14-17,19-20,22-23,28-29,34-36,39,50H,6-8,13,18,21H2,1-5H3,(H,46,48)(H,47,49)(H,51,58)(H,56,57)/t23-,28+,29-,34+,35+,36+,39+/m1/s1. The van der Waals surface area contributed by atoms with Crippen molar-refractivity contribution in [3.63, 3.8) is 0 Å². The molecule has 2 aromatic heterocycles. The number of hydrogen-bond donors (Lipinski definition) is 5. The average molecular weight is 815 g/mol. The van der Waals surface area contributed by atoms with Gasteiger partial charge < -0.3 is 45.0 Å². The number of amides is 4. The molecule has 15 nitrogen and oxygen atoms in total. The normalized spacial score (nSPS) is 21.6. The maximum Gasteiger partial charge on any atom is 0.407 e. The minimum absolute atomic E-state index is 0.0554. The summed E-state index contributed by atoms with van der Waals surface area (Å²) in [5.74, 6) is 1.07. The van der Waals surface area contributed by atoms with Gasteiger partial charge in [-0.3, -0.25) is 9.59 Å². The number of alkyl carbamates (subject to hydrolysis) is 1. The van der Waals surface area contributed by atoms with Gasteiger partial charge in [-0.1, -0.05) is 50.2 Å². The number of aromatic nitrogens is 4. The largest absolute Gasteiger partial charge is 0.465 e. The van der Waals surface area contributed by atoms with Gasteiger partial charge in [-0.2, -0.15) is 0 Å². The van der Waals surface area contributed by atoms with Crippen LogP contribution in [0.15, 0.2) is 60.7 Å². The summed E-state index contributed by atoms with van der Waals surface area (Å²) < 4.78 is 10.3. The molecule has 3 fully saturated rings. The fraction of sp³-hybridized carbons (Fsp3) is 0.422. The van der Waals surface area contributed by atoms with E-state index in [9.17, 15) is 24.3 Å². The van der Waals surface area contributed by atoms with E-state index in [2.05, 4.69) is 69.1 Å². The number of methoxy groups -OCH3 is 2. The number of piperidine rings is 1. The first kappa shape index (κ1) is 39.3. The molecule has 9 rings (SSSR count). The molecule has 15 heteroatoms. The molecule has 6 aromatic rings. The Bertz CT molecular complexity index is 2670. The summed E-state index contributed by atoms with van der Waals surface area (Å²) in [6.45, 7) is 5.98. The van der Waals surface area contributed by atoms with Gasteiger partial charge in [0.1, 0.15) is 23.7 Å². The van der Waals surface area contributed by atoms with Gasteiger partial charge in [-0.15, -0.1) is 0 Å². The van der Waals surface area contributed by atoms with Crippen LogP contribution in [0.5, 0.6) is 0 Å². The highest BCUT2D eigenvalue weighted by molar-refractivity contribution is 6.07. The fourth-order valence-corrected chi connectivity index (χ4v) is 9.96. The molecular weight excluding hydrogens is 765 g/mol. The number of carbonyl (C=O) groups is 4. The van der Waals surface area contributed by atoms with Gasteiger partial charge in [-0.25, -0.2) is 19.6 Å². The zero-order valence-electron chi connectivity index (χ0n) is 34.3. The van der Waals surface area contributed by atoms with Crippen molar-refractivity contribution < 1.29 is 33.8 Å². The van der Waals surface area contributed by atoms with Crippen molar-refractivity contribution in [1.82, 2.24) is 40.4 Å². The Balaban J connectivity index is 0.992. The van der Waals surface area contributed by atoms with Crippen LogP contribution in [0.4, 0.5) is 9.59 Å². The molecule has 3 aliphatic rings. The highest BCUT2D eigenvalue weighted by Crippen LogP contribution is 2.50. The summed E-state index contributed by atoms with van der Waals surface area (Å²) in [6.07, 6.45) is 1.88. The molecule has 0 spiro atoms. The van der Waals surface area contributed by atoms with Crippen molar-refractivity contribution in [2.75, 3.05) is 20.8 Å². The molecule has 1 saturated carbocycles. The first-order valence-electron chi connectivity index (χ1n) is 20.8. The van der Waals surface area contributed by atoms with Crippen LogP contribution in [0, 0.1) is 11.8 Å². The summed E-state index contributed by atoms with van der Waals surface area (Å²) in [6, 6.07) is 18.8. The Morgan fingerprint density at radius 1 is 0.783 bits per heavy atom. The third-order valence-electron chi connectivity index (χ3n) is 13.1. The second kappa shape index (κ2) is 15.4. The lowest BCUT2D eigenvalue weighted by Crippen LogP contribution is -2.56. The van der Waals surface area contributed by atoms with Crippen LogP contribution in [0.1, 0.15) is 76.6 Å². The van der Waals surface area contributed by atoms with Crippen molar-refractivity contribution in [2.24, 2.45) is 11.8 Å². The number of nitrogens with one attached hydrogen (secondary N) is 4. The highest BCUT2D eigenvalue weighted by Gasteiger charge is 2.52. The minimum Gasteiger partial charge on any atom is -0.465 e. The summed E-state index contributed by atoms with van der Waals surface area (Å²) in [5.41, 5.74) is 5.54. The van der Waals surface area contributed by atoms with Gasteiger partial charge in [0.2, 0.25) is 11.8 Å². The highest BCUT2D eigenvalue weighted by atomic mass is 16.5. The summed E-state index contributed by atoms with van der Waals surface area (Å²) >= 11 is 0. The lowest BCUT2D eigenvalue weighted by atomic mass is 9.97. The molecule has 5 N–H and O–H groups in total. The number of ether oxygens (including phenoxy) is 2. The average Bonchev–Trinajstić information content (AvgIpc) is 4.11. The Hall–Kier alpha value is -6.22. The van der Waals surface area contributed by atoms with Gasteiger partial charge in [0.15, 0.2) is 0 Å². The number of aromatic amines is 2. The molecule has 7 atom stereocenters. The first-order chi connectivity index (χ1) is 28.9. The third-order valence-corrected chi connectivity index (χ3v) is 13.1. The topological polar surface area (TPSA) is 195 Å². The summed E-state index contributed by atoms with van der Waals surface area (Å²) in [5, 5.41) is 18.6. The van der Waals surface area contributed by atoms with Crippen LogP contribution in [0.2, 0.25) is 0 Å². The maximum atomic E-state index is 14.2. The molecule has 1 aliphatic carbocycles. The van der Waals surface area contributed by atoms with Crippen molar-refractivity contribution in [2.45, 2.75) is 89.2 Å². The number of imidazole rings is 2. The van der Waals surface area contributed by atoms with E-state index in [1.807, 2.05) is 30.9 Å². The molecule has 4 amide bonds. The zero-order valence-corrected chi connectivity index (χ0v) is 34.3. The van der Waals surface area contributed by atoms with Crippen LogP contribution in [-0.4, -0.2) is 104 Å². The van der Waals surface area contributed by atoms with Crippen molar-refractivity contribution >= 4 is 67.6 Å². The number of benzene rings is 4. The van der Waals surface area contributed by atoms with E-state index < -0.39 is 30.4 Å². The number of rotatable bonds is 10. The first-order valence-corrected chi connectivity index (χ1v) is 20.8. The third kappa shape index (κ3) is 6.74. The monoisotopic (exact) mass is 814 g/mol. The second-order valence-corrected chi connectivity index (χ2v) is 16.9. The number of likely N-dealkylation sites (tertiary alicyclic amines) is 2. The van der Waals surface area contributed by atoms with Crippen LogP contribution in [-0.2, 0) is 19.1 Å². The van der Waals surface area contributed by atoms with E-state index >= 15 is 0 Å². The number of H-pyrrole nitrogens is 2. The number of carboxylic acid groups (broad SMARTS) is 1. The molecule has 2 saturated heterocycles. The smallest absolute Gasteiger partial charge is 0.407 e. The van der Waals surface area contributed by atoms with Crippen LogP contribution >= 0.6 is 0 Å². The van der Waals surface area contributed by atoms with Crippen LogP contribution < -0.4 is 10.6 Å². The number of hydrogen-bond acceptors (Lipinski definition) is 8. The Labute approximate surface area is 346 Å². The molecule has 0 radical (unpaired) electrons. The molecular formula is C45H50N8O7. The number of fused-ring (bicyclic) bond motifs is 8. The van der Waals surface area contributed by atoms with Gasteiger partial charge in [0.05, 0.1) is 47.4 Å². The van der Waals surface area contributed by atoms with Gasteiger partial charge in [0, 0.05) is 30.5 Å². The Morgan fingerprint density at radius 3 is 2.02 bits per heavy atom. The van der Waals surface area contributed by atoms with E-state index in [1.165, 1.54) is 14.2 Å². The van der Waals surface area contributed by atoms with E-state index in [4.69, 9.17) is 19.4 Å². The van der Waals surface area contributed by atoms with Gasteiger partial charge >= 0.3 is 12.2 Å². The van der Waals surface area contributed by atoms with Crippen molar-refractivity contribution in [1.29, 1.82) is 0 Å². The quantitative estimate of drug-likeness (QED) is 0.0952. The van der Waals surface area contributed by atoms with Gasteiger partial charge in [-0.05, 0) is 97.0 Å². The summed E-state index contributed by atoms with van der Waals surface area (Å²) in [7, 11) is 2.80. The predicted molar refractivity (Wildman–Crippen MR) is 226 cm³/mol. The molecule has 0 unspecified atom stereocenters. The van der Waals surface area contributed by atoms with Gasteiger partial charge in [0.25, 0.3) is 0 Å². The van der Waals surface area contributed by atoms with E-state index in [-0.39, 0.29) is 41.8 Å². The molecule has 2 aliphatic heterocycles. The summed E-state index contributed by atoms with van der Waals surface area (Å²) in [4.78, 5) is 72.4. The number of nitrogens with zero attached hydrogens (tertiary/aromatic N) is 4. The van der Waals surface area contributed by atoms with E-state index in [0.717, 1.165) is 92.7 Å². The Morgan fingerprint density at radius 2 is 1.42 bits per heavy atom. The van der Waals surface area contributed by atoms with Crippen LogP contribution in [0.25, 0.3) is 54.7 Å². The molecule has 60 heavy (non-hydrogen) atoms. The SMILES string of the molecule is COC(=O)N[C@H](C(=O)N1[C@@H]2CC[C@@H](C2)[C@H]1c1nc2c(ccc3cc(-c4ccc5c(ccc6[nH]c([C@@H]7CCCN7C(=O)[C@@H](NC(=O)O)C(C)C)nc65)c4)ccc32)[nH]1)[C@@H](C)OC. The predicted octanol–water partition coefficient (Wildman–Crippen LogP) is 7.18. The molecule has 2 bridgehead atoms. The fourth-order valence-electron chi connectivity index (χ4n) is 9.96. The second-order valence-electron chi connectivity index (χ2n) is 16.9. The molecule has 312 valence electrons. The lowest BCUT2D eigenvalue weighted by molar-refractivity contribution is -0.141. The lowest BCUT2D eigenvalue weighted by Gasteiger charge is -2.37. The van der Waals surface area contributed by atoms with E-state index in [1.54, 1.807) is 11.8 Å². The van der Waals surface area contributed by atoms with Crippen LogP contribution in [0.3, 0.4) is 0 Å². The minimum atomic E-state index is -1.21. The maximum absolute atomic E-state index is 14.2. The molecule has 4 heterocycles. The zero-order chi connectivity index (χ0) is 42.0. The van der Waals surface area contributed by atoms with Crippen molar-refractivity contribution in [3.05, 3.63) is 72.3 Å². The number of carbonyl (C=O) groups excluding carboxylic acids is 3. The molecule has 4 aromatic carbocycles. The van der Waals surface area contributed by atoms with Crippen molar-refractivity contribution in [3.8, 4) is 11.1 Å². The Kier molecular flexibility index (Phi) is 10.1. The van der Waals surface area contributed by atoms with E-state index in [0.29, 0.717) is 12.4 Å².